The van der Waals surface area contributed by atoms with E-state index in [2.05, 4.69) is 24.4 Å². The molecule has 2 nitrogen and oxygen atoms in total. The quantitative estimate of drug-likeness (QED) is 0.766. The maximum absolute atomic E-state index is 5.41. The Morgan fingerprint density at radius 3 is 2.85 bits per heavy atom. The molecule has 1 unspecified atom stereocenters. The minimum absolute atomic E-state index is 0.375. The van der Waals surface area contributed by atoms with Crippen LogP contribution in [-0.2, 0) is 0 Å². The van der Waals surface area contributed by atoms with Gasteiger partial charge in [0.1, 0.15) is 5.75 Å². The van der Waals surface area contributed by atoms with Crippen LogP contribution in [0.2, 0.25) is 0 Å². The molecular weight excluding hydrogens is 162 g/mol. The highest BCUT2D eigenvalue weighted by Crippen LogP contribution is 2.18. The zero-order valence-corrected chi connectivity index (χ0v) is 8.50. The molecule has 1 atom stereocenters. The van der Waals surface area contributed by atoms with Gasteiger partial charge in [0.15, 0.2) is 0 Å². The number of hydrogen-bond acceptors (Lipinski definition) is 2. The average molecular weight is 179 g/mol. The average Bonchev–Trinajstić information content (AvgIpc) is 2.18. The van der Waals surface area contributed by atoms with Gasteiger partial charge in [-0.1, -0.05) is 12.1 Å². The van der Waals surface area contributed by atoms with Gasteiger partial charge < -0.3 is 10.1 Å². The largest absolute Gasteiger partial charge is 0.494 e. The van der Waals surface area contributed by atoms with E-state index < -0.39 is 0 Å². The van der Waals surface area contributed by atoms with Crippen LogP contribution in [0.5, 0.6) is 5.75 Å². The number of benzene rings is 1. The second-order valence-electron chi connectivity index (χ2n) is 3.02. The predicted molar refractivity (Wildman–Crippen MR) is 55.1 cm³/mol. The van der Waals surface area contributed by atoms with Crippen molar-refractivity contribution < 1.29 is 4.74 Å². The van der Waals surface area contributed by atoms with Crippen LogP contribution in [0.4, 0.5) is 0 Å². The first-order valence-corrected chi connectivity index (χ1v) is 4.68. The zero-order chi connectivity index (χ0) is 9.68. The van der Waals surface area contributed by atoms with E-state index in [4.69, 9.17) is 4.74 Å². The maximum atomic E-state index is 5.41. The van der Waals surface area contributed by atoms with Crippen molar-refractivity contribution in [3.63, 3.8) is 0 Å². The van der Waals surface area contributed by atoms with Crippen LogP contribution in [0.15, 0.2) is 24.3 Å². The lowest BCUT2D eigenvalue weighted by Crippen LogP contribution is -2.12. The summed E-state index contributed by atoms with van der Waals surface area (Å²) in [7, 11) is 1.96. The summed E-state index contributed by atoms with van der Waals surface area (Å²) in [6, 6.07) is 8.55. The molecule has 0 radical (unpaired) electrons. The lowest BCUT2D eigenvalue weighted by Gasteiger charge is -2.11. The Morgan fingerprint density at radius 1 is 1.46 bits per heavy atom. The summed E-state index contributed by atoms with van der Waals surface area (Å²) in [5.74, 6) is 0.946. The van der Waals surface area contributed by atoms with Crippen LogP contribution in [-0.4, -0.2) is 13.7 Å². The number of hydrogen-bond donors (Lipinski definition) is 1. The highest BCUT2D eigenvalue weighted by Gasteiger charge is 2.02. The summed E-state index contributed by atoms with van der Waals surface area (Å²) in [6.07, 6.45) is 0. The van der Waals surface area contributed by atoms with Crippen LogP contribution in [0.25, 0.3) is 0 Å². The topological polar surface area (TPSA) is 21.3 Å². The van der Waals surface area contributed by atoms with Gasteiger partial charge in [0, 0.05) is 6.04 Å². The summed E-state index contributed by atoms with van der Waals surface area (Å²) < 4.78 is 5.41. The van der Waals surface area contributed by atoms with Gasteiger partial charge in [-0.3, -0.25) is 0 Å². The van der Waals surface area contributed by atoms with Crippen molar-refractivity contribution in [3.05, 3.63) is 29.8 Å². The molecule has 1 aromatic carbocycles. The molecule has 0 spiro atoms. The third-order valence-corrected chi connectivity index (χ3v) is 2.10. The van der Waals surface area contributed by atoms with Crippen LogP contribution < -0.4 is 10.1 Å². The highest BCUT2D eigenvalue weighted by atomic mass is 16.5. The first-order chi connectivity index (χ1) is 6.27. The fourth-order valence-corrected chi connectivity index (χ4v) is 1.21. The molecule has 0 aromatic heterocycles. The molecule has 0 aliphatic carbocycles. The van der Waals surface area contributed by atoms with E-state index in [9.17, 15) is 0 Å². The van der Waals surface area contributed by atoms with Gasteiger partial charge in [0.25, 0.3) is 0 Å². The summed E-state index contributed by atoms with van der Waals surface area (Å²) >= 11 is 0. The van der Waals surface area contributed by atoms with E-state index in [0.717, 1.165) is 12.4 Å². The van der Waals surface area contributed by atoms with Gasteiger partial charge in [0.2, 0.25) is 0 Å². The Hall–Kier alpha value is -1.02. The maximum Gasteiger partial charge on any atom is 0.119 e. The van der Waals surface area contributed by atoms with E-state index in [1.54, 1.807) is 0 Å². The van der Waals surface area contributed by atoms with Crippen molar-refractivity contribution in [2.45, 2.75) is 19.9 Å². The van der Waals surface area contributed by atoms with Gasteiger partial charge in [0.05, 0.1) is 6.61 Å². The molecule has 0 saturated carbocycles. The summed E-state index contributed by atoms with van der Waals surface area (Å²) in [6.45, 7) is 4.84. The predicted octanol–water partition coefficient (Wildman–Crippen LogP) is 2.37. The molecule has 0 aliphatic rings. The normalized spacial score (nSPS) is 12.5. The highest BCUT2D eigenvalue weighted by molar-refractivity contribution is 5.30. The lowest BCUT2D eigenvalue weighted by atomic mass is 10.1. The molecule has 0 saturated heterocycles. The number of ether oxygens (including phenoxy) is 1. The third-order valence-electron chi connectivity index (χ3n) is 2.10. The molecule has 72 valence electrons. The van der Waals surface area contributed by atoms with Crippen molar-refractivity contribution in [3.8, 4) is 5.75 Å². The molecule has 1 rings (SSSR count). The van der Waals surface area contributed by atoms with Crippen LogP contribution in [0.3, 0.4) is 0 Å². The molecule has 0 amide bonds. The van der Waals surface area contributed by atoms with Crippen molar-refractivity contribution in [1.82, 2.24) is 5.32 Å². The van der Waals surface area contributed by atoms with Gasteiger partial charge in [-0.2, -0.15) is 0 Å². The Labute approximate surface area is 79.9 Å². The van der Waals surface area contributed by atoms with E-state index >= 15 is 0 Å². The van der Waals surface area contributed by atoms with Crippen molar-refractivity contribution >= 4 is 0 Å². The van der Waals surface area contributed by atoms with Gasteiger partial charge >= 0.3 is 0 Å². The molecule has 13 heavy (non-hydrogen) atoms. The van der Waals surface area contributed by atoms with Gasteiger partial charge in [-0.05, 0) is 38.6 Å². The van der Waals surface area contributed by atoms with Crippen molar-refractivity contribution in [2.75, 3.05) is 13.7 Å². The summed E-state index contributed by atoms with van der Waals surface area (Å²) in [4.78, 5) is 0. The molecule has 0 fully saturated rings. The molecular formula is C11H17NO. The van der Waals surface area contributed by atoms with E-state index in [-0.39, 0.29) is 0 Å². The summed E-state index contributed by atoms with van der Waals surface area (Å²) in [5.41, 5.74) is 1.26. The van der Waals surface area contributed by atoms with Crippen molar-refractivity contribution in [1.29, 1.82) is 0 Å². The third kappa shape index (κ3) is 2.74. The fourth-order valence-electron chi connectivity index (χ4n) is 1.21. The Balaban J connectivity index is 2.78. The van der Waals surface area contributed by atoms with Crippen molar-refractivity contribution in [2.24, 2.45) is 0 Å². The van der Waals surface area contributed by atoms with E-state index in [1.165, 1.54) is 5.56 Å². The molecule has 1 N–H and O–H groups in total. The zero-order valence-electron chi connectivity index (χ0n) is 8.50. The molecule has 2 heteroatoms. The monoisotopic (exact) mass is 179 g/mol. The Kier molecular flexibility index (Phi) is 3.77. The summed E-state index contributed by atoms with van der Waals surface area (Å²) in [5, 5.41) is 3.19. The molecule has 1 aromatic rings. The van der Waals surface area contributed by atoms with Gasteiger partial charge in [-0.15, -0.1) is 0 Å². The minimum Gasteiger partial charge on any atom is -0.494 e. The van der Waals surface area contributed by atoms with Crippen LogP contribution in [0, 0.1) is 0 Å². The smallest absolute Gasteiger partial charge is 0.119 e. The fraction of sp³-hybridized carbons (Fsp3) is 0.455. The first kappa shape index (κ1) is 10.1. The van der Waals surface area contributed by atoms with Crippen LogP contribution >= 0.6 is 0 Å². The second-order valence-corrected chi connectivity index (χ2v) is 3.02. The van der Waals surface area contributed by atoms with E-state index in [0.29, 0.717) is 6.04 Å². The standard InChI is InChI=1S/C11H17NO/c1-4-13-11-7-5-6-10(8-11)9(2)12-3/h5-9,12H,4H2,1-3H3. The minimum atomic E-state index is 0.375. The second kappa shape index (κ2) is 4.87. The first-order valence-electron chi connectivity index (χ1n) is 4.68. The SMILES string of the molecule is CCOc1cccc(C(C)NC)c1. The molecule has 0 bridgehead atoms. The number of nitrogens with one attached hydrogen (secondary N) is 1. The lowest BCUT2D eigenvalue weighted by molar-refractivity contribution is 0.339. The molecule has 0 heterocycles. The van der Waals surface area contributed by atoms with E-state index in [1.807, 2.05) is 26.1 Å². The Morgan fingerprint density at radius 2 is 2.23 bits per heavy atom. The Bertz CT molecular complexity index is 260. The number of rotatable bonds is 4. The van der Waals surface area contributed by atoms with Gasteiger partial charge in [-0.25, -0.2) is 0 Å². The van der Waals surface area contributed by atoms with Crippen LogP contribution in [0.1, 0.15) is 25.5 Å². The molecule has 0 aliphatic heterocycles.